The van der Waals surface area contributed by atoms with Gasteiger partial charge in [-0.1, -0.05) is 0 Å². The second kappa shape index (κ2) is 3.41. The summed E-state index contributed by atoms with van der Waals surface area (Å²) in [5, 5.41) is 0. The molecule has 0 fully saturated rings. The van der Waals surface area contributed by atoms with E-state index in [9.17, 15) is 0 Å². The van der Waals surface area contributed by atoms with Crippen LogP contribution in [0.5, 0.6) is 0 Å². The highest BCUT2D eigenvalue weighted by atomic mass is 15.1. The second-order valence-electron chi connectivity index (χ2n) is 5.16. The predicted molar refractivity (Wildman–Crippen MR) is 69.2 cm³/mol. The molecule has 0 amide bonds. The molecule has 0 bridgehead atoms. The first-order chi connectivity index (χ1) is 7.70. The van der Waals surface area contributed by atoms with E-state index >= 15 is 0 Å². The SMILES string of the molecule is Cc1c(C)c2c3c(c1N)CCCN3CCC2. The third-order valence-corrected chi connectivity index (χ3v) is 4.34. The van der Waals surface area contributed by atoms with Gasteiger partial charge in [0.25, 0.3) is 0 Å². The Morgan fingerprint density at radius 1 is 0.938 bits per heavy atom. The molecule has 3 rings (SSSR count). The van der Waals surface area contributed by atoms with Crippen molar-refractivity contribution in [3.63, 3.8) is 0 Å². The molecule has 1 aromatic carbocycles. The standard InChI is InChI=1S/C14H20N2/c1-9-10(2)13(15)12-6-4-8-16-7-3-5-11(9)14(12)16/h3-8,15H2,1-2H3. The molecule has 86 valence electrons. The molecule has 2 heterocycles. The first kappa shape index (κ1) is 10.0. The van der Waals surface area contributed by atoms with E-state index in [0.717, 1.165) is 5.69 Å². The fourth-order valence-electron chi connectivity index (χ4n) is 3.31. The number of hydrogen-bond donors (Lipinski definition) is 1. The summed E-state index contributed by atoms with van der Waals surface area (Å²) in [7, 11) is 0. The molecule has 0 saturated carbocycles. The predicted octanol–water partition coefficient (Wildman–Crippen LogP) is 2.58. The maximum absolute atomic E-state index is 6.29. The van der Waals surface area contributed by atoms with E-state index in [0.29, 0.717) is 0 Å². The van der Waals surface area contributed by atoms with Crippen LogP contribution in [0.15, 0.2) is 0 Å². The Bertz CT molecular complexity index is 412. The number of benzene rings is 1. The minimum atomic E-state index is 1.06. The summed E-state index contributed by atoms with van der Waals surface area (Å²) in [6.45, 7) is 6.86. The van der Waals surface area contributed by atoms with Crippen LogP contribution in [-0.2, 0) is 12.8 Å². The van der Waals surface area contributed by atoms with E-state index in [-0.39, 0.29) is 0 Å². The van der Waals surface area contributed by atoms with Gasteiger partial charge in [0.15, 0.2) is 0 Å². The van der Waals surface area contributed by atoms with E-state index in [1.165, 1.54) is 61.2 Å². The zero-order chi connectivity index (χ0) is 11.3. The minimum absolute atomic E-state index is 1.06. The van der Waals surface area contributed by atoms with Gasteiger partial charge in [-0.15, -0.1) is 0 Å². The first-order valence-corrected chi connectivity index (χ1v) is 6.35. The van der Waals surface area contributed by atoms with E-state index in [1.54, 1.807) is 5.56 Å². The van der Waals surface area contributed by atoms with Gasteiger partial charge >= 0.3 is 0 Å². The van der Waals surface area contributed by atoms with E-state index in [2.05, 4.69) is 18.7 Å². The van der Waals surface area contributed by atoms with Crippen LogP contribution in [0, 0.1) is 13.8 Å². The van der Waals surface area contributed by atoms with Gasteiger partial charge in [-0.25, -0.2) is 0 Å². The van der Waals surface area contributed by atoms with Gasteiger partial charge in [0.1, 0.15) is 0 Å². The minimum Gasteiger partial charge on any atom is -0.398 e. The largest absolute Gasteiger partial charge is 0.398 e. The fraction of sp³-hybridized carbons (Fsp3) is 0.571. The van der Waals surface area contributed by atoms with Crippen molar-refractivity contribution >= 4 is 11.4 Å². The molecule has 0 atom stereocenters. The molecule has 0 unspecified atom stereocenters. The van der Waals surface area contributed by atoms with Crippen molar-refractivity contribution in [2.24, 2.45) is 0 Å². The van der Waals surface area contributed by atoms with Gasteiger partial charge in [-0.05, 0) is 61.8 Å². The van der Waals surface area contributed by atoms with Crippen molar-refractivity contribution in [1.29, 1.82) is 0 Å². The van der Waals surface area contributed by atoms with Crippen LogP contribution in [0.1, 0.15) is 35.1 Å². The third kappa shape index (κ3) is 1.19. The van der Waals surface area contributed by atoms with Crippen LogP contribution in [0.4, 0.5) is 11.4 Å². The van der Waals surface area contributed by atoms with E-state index < -0.39 is 0 Å². The Morgan fingerprint density at radius 2 is 1.56 bits per heavy atom. The molecule has 1 aromatic rings. The number of rotatable bonds is 0. The van der Waals surface area contributed by atoms with Crippen LogP contribution in [0.2, 0.25) is 0 Å². The molecular formula is C14H20N2. The normalized spacial score (nSPS) is 18.5. The number of nitrogen functional groups attached to an aromatic ring is 1. The smallest absolute Gasteiger partial charge is 0.0454 e. The lowest BCUT2D eigenvalue weighted by Crippen LogP contribution is -2.35. The highest BCUT2D eigenvalue weighted by Crippen LogP contribution is 2.42. The highest BCUT2D eigenvalue weighted by molar-refractivity contribution is 5.76. The first-order valence-electron chi connectivity index (χ1n) is 6.35. The van der Waals surface area contributed by atoms with Crippen LogP contribution >= 0.6 is 0 Å². The van der Waals surface area contributed by atoms with Gasteiger partial charge in [0, 0.05) is 24.5 Å². The van der Waals surface area contributed by atoms with Crippen molar-refractivity contribution in [3.8, 4) is 0 Å². The molecule has 2 N–H and O–H groups in total. The zero-order valence-electron chi connectivity index (χ0n) is 10.3. The molecule has 2 aliphatic rings. The lowest BCUT2D eigenvalue weighted by atomic mass is 9.85. The van der Waals surface area contributed by atoms with Crippen molar-refractivity contribution in [3.05, 3.63) is 22.3 Å². The van der Waals surface area contributed by atoms with Crippen molar-refractivity contribution < 1.29 is 0 Å². The monoisotopic (exact) mass is 216 g/mol. The van der Waals surface area contributed by atoms with Gasteiger partial charge in [-0.2, -0.15) is 0 Å². The lowest BCUT2D eigenvalue weighted by Gasteiger charge is -2.39. The number of anilines is 2. The van der Waals surface area contributed by atoms with Crippen molar-refractivity contribution in [2.45, 2.75) is 39.5 Å². The zero-order valence-corrected chi connectivity index (χ0v) is 10.3. The Labute approximate surface area is 97.4 Å². The van der Waals surface area contributed by atoms with Crippen molar-refractivity contribution in [1.82, 2.24) is 0 Å². The second-order valence-corrected chi connectivity index (χ2v) is 5.16. The lowest BCUT2D eigenvalue weighted by molar-refractivity contribution is 0.632. The molecule has 0 spiro atoms. The van der Waals surface area contributed by atoms with Crippen molar-refractivity contribution in [2.75, 3.05) is 23.7 Å². The third-order valence-electron chi connectivity index (χ3n) is 4.34. The van der Waals surface area contributed by atoms with Crippen LogP contribution in [-0.4, -0.2) is 13.1 Å². The highest BCUT2D eigenvalue weighted by Gasteiger charge is 2.27. The summed E-state index contributed by atoms with van der Waals surface area (Å²) in [4.78, 5) is 2.56. The fourth-order valence-corrected chi connectivity index (χ4v) is 3.31. The molecule has 2 heteroatoms. The van der Waals surface area contributed by atoms with E-state index in [1.807, 2.05) is 0 Å². The molecule has 0 saturated heterocycles. The molecular weight excluding hydrogens is 196 g/mol. The maximum atomic E-state index is 6.29. The summed E-state index contributed by atoms with van der Waals surface area (Å²) < 4.78 is 0. The van der Waals surface area contributed by atoms with Gasteiger partial charge in [-0.3, -0.25) is 0 Å². The Morgan fingerprint density at radius 3 is 2.25 bits per heavy atom. The molecule has 2 aliphatic heterocycles. The number of hydrogen-bond acceptors (Lipinski definition) is 2. The summed E-state index contributed by atoms with van der Waals surface area (Å²) in [5.74, 6) is 0. The average Bonchev–Trinajstić information content (AvgIpc) is 2.33. The Kier molecular flexibility index (Phi) is 2.13. The Hall–Kier alpha value is -1.18. The maximum Gasteiger partial charge on any atom is 0.0454 e. The molecule has 2 nitrogen and oxygen atoms in total. The van der Waals surface area contributed by atoms with Gasteiger partial charge in [0.2, 0.25) is 0 Å². The molecule has 0 aliphatic carbocycles. The quantitative estimate of drug-likeness (QED) is 0.675. The summed E-state index contributed by atoms with van der Waals surface area (Å²) in [6, 6.07) is 0. The topological polar surface area (TPSA) is 29.3 Å². The Balaban J connectivity index is 2.32. The summed E-state index contributed by atoms with van der Waals surface area (Å²) in [6.07, 6.45) is 4.98. The molecule has 16 heavy (non-hydrogen) atoms. The van der Waals surface area contributed by atoms with E-state index in [4.69, 9.17) is 5.73 Å². The number of nitrogens with two attached hydrogens (primary N) is 1. The number of nitrogens with zero attached hydrogens (tertiary/aromatic N) is 1. The van der Waals surface area contributed by atoms with Crippen LogP contribution in [0.25, 0.3) is 0 Å². The van der Waals surface area contributed by atoms with Gasteiger partial charge in [0.05, 0.1) is 0 Å². The average molecular weight is 216 g/mol. The van der Waals surface area contributed by atoms with Crippen LogP contribution in [0.3, 0.4) is 0 Å². The van der Waals surface area contributed by atoms with Crippen LogP contribution < -0.4 is 10.6 Å². The summed E-state index contributed by atoms with van der Waals surface area (Å²) >= 11 is 0. The molecule has 0 aromatic heterocycles. The molecule has 0 radical (unpaired) electrons. The summed E-state index contributed by atoms with van der Waals surface area (Å²) in [5.41, 5.74) is 14.6. The van der Waals surface area contributed by atoms with Gasteiger partial charge < -0.3 is 10.6 Å².